The second-order valence-corrected chi connectivity index (χ2v) is 9.03. The third-order valence-electron chi connectivity index (χ3n) is 5.39. The van der Waals surface area contributed by atoms with Crippen LogP contribution in [0, 0.1) is 5.82 Å². The first-order valence-electron chi connectivity index (χ1n) is 10.7. The number of thiophene rings is 1. The van der Waals surface area contributed by atoms with Crippen molar-refractivity contribution < 1.29 is 23.8 Å². The number of ether oxygens (including phenoxy) is 1. The summed E-state index contributed by atoms with van der Waals surface area (Å²) in [6.07, 6.45) is 0.398. The van der Waals surface area contributed by atoms with Crippen molar-refractivity contribution in [2.75, 3.05) is 6.54 Å². The number of hydrogen-bond donors (Lipinski definition) is 1. The summed E-state index contributed by atoms with van der Waals surface area (Å²) in [4.78, 5) is 28.3. The molecule has 33 heavy (non-hydrogen) atoms. The zero-order chi connectivity index (χ0) is 23.5. The lowest BCUT2D eigenvalue weighted by molar-refractivity contribution is -0.129. The van der Waals surface area contributed by atoms with Gasteiger partial charge in [0, 0.05) is 6.54 Å². The zero-order valence-electron chi connectivity index (χ0n) is 18.3. The van der Waals surface area contributed by atoms with Crippen LogP contribution in [-0.2, 0) is 11.2 Å². The van der Waals surface area contributed by atoms with Gasteiger partial charge in [0.15, 0.2) is 5.76 Å². The third kappa shape index (κ3) is 4.83. The highest BCUT2D eigenvalue weighted by Gasteiger charge is 2.43. The summed E-state index contributed by atoms with van der Waals surface area (Å²) in [5, 5.41) is 12.5. The van der Waals surface area contributed by atoms with E-state index in [-0.39, 0.29) is 29.8 Å². The molecule has 1 aromatic heterocycles. The lowest BCUT2D eigenvalue weighted by atomic mass is 9.95. The number of ketones is 1. The molecule has 1 aliphatic heterocycles. The maximum absolute atomic E-state index is 13.3. The highest BCUT2D eigenvalue weighted by molar-refractivity contribution is 7.12. The topological polar surface area (TPSA) is 66.8 Å². The van der Waals surface area contributed by atoms with Crippen molar-refractivity contribution in [3.8, 4) is 5.75 Å². The van der Waals surface area contributed by atoms with Crippen molar-refractivity contribution in [3.05, 3.63) is 99.2 Å². The SMILES string of the molecule is CC(C)Oc1cccc(C2C(C(=O)c3cccs3)=C(O)C(=O)N2CCc2ccc(F)cc2)c1. The molecule has 0 saturated carbocycles. The summed E-state index contributed by atoms with van der Waals surface area (Å²) in [5.74, 6) is -1.23. The van der Waals surface area contributed by atoms with Crippen LogP contribution in [-0.4, -0.2) is 34.3 Å². The summed E-state index contributed by atoms with van der Waals surface area (Å²) < 4.78 is 19.1. The molecule has 0 fully saturated rings. The Kier molecular flexibility index (Phi) is 6.60. The van der Waals surface area contributed by atoms with E-state index in [1.807, 2.05) is 26.0 Å². The van der Waals surface area contributed by atoms with Crippen LogP contribution >= 0.6 is 11.3 Å². The summed E-state index contributed by atoms with van der Waals surface area (Å²) in [5.41, 5.74) is 1.57. The van der Waals surface area contributed by atoms with Gasteiger partial charge in [-0.05, 0) is 67.1 Å². The largest absolute Gasteiger partial charge is 0.503 e. The van der Waals surface area contributed by atoms with Gasteiger partial charge in [0.1, 0.15) is 11.6 Å². The van der Waals surface area contributed by atoms with Gasteiger partial charge in [-0.15, -0.1) is 11.3 Å². The molecule has 7 heteroatoms. The summed E-state index contributed by atoms with van der Waals surface area (Å²) in [7, 11) is 0. The van der Waals surface area contributed by atoms with Crippen LogP contribution in [0.3, 0.4) is 0 Å². The Bertz CT molecular complexity index is 1190. The molecule has 0 spiro atoms. The first-order chi connectivity index (χ1) is 15.8. The van der Waals surface area contributed by atoms with E-state index in [0.717, 1.165) is 5.56 Å². The molecule has 2 aromatic carbocycles. The molecule has 1 N–H and O–H groups in total. The van der Waals surface area contributed by atoms with Crippen molar-refractivity contribution in [2.24, 2.45) is 0 Å². The maximum atomic E-state index is 13.3. The zero-order valence-corrected chi connectivity index (χ0v) is 19.1. The highest BCUT2D eigenvalue weighted by atomic mass is 32.1. The van der Waals surface area contributed by atoms with E-state index in [9.17, 15) is 19.1 Å². The first kappa shape index (κ1) is 22.7. The van der Waals surface area contributed by atoms with E-state index in [4.69, 9.17) is 4.74 Å². The normalized spacial score (nSPS) is 16.1. The molecule has 170 valence electrons. The number of nitrogens with zero attached hydrogens (tertiary/aromatic N) is 1. The average Bonchev–Trinajstić information content (AvgIpc) is 3.41. The Morgan fingerprint density at radius 2 is 1.91 bits per heavy atom. The van der Waals surface area contributed by atoms with Crippen LogP contribution in [0.5, 0.6) is 5.75 Å². The Labute approximate surface area is 195 Å². The maximum Gasteiger partial charge on any atom is 0.290 e. The number of hydrogen-bond acceptors (Lipinski definition) is 5. The number of aliphatic hydroxyl groups is 1. The minimum absolute atomic E-state index is 0.0452. The number of halogens is 1. The number of amides is 1. The predicted molar refractivity (Wildman–Crippen MR) is 125 cm³/mol. The van der Waals surface area contributed by atoms with Crippen LogP contribution in [0.25, 0.3) is 0 Å². The van der Waals surface area contributed by atoms with Gasteiger partial charge >= 0.3 is 0 Å². The van der Waals surface area contributed by atoms with E-state index < -0.39 is 17.7 Å². The summed E-state index contributed by atoms with van der Waals surface area (Å²) in [6, 6.07) is 16.0. The molecule has 1 amide bonds. The summed E-state index contributed by atoms with van der Waals surface area (Å²) in [6.45, 7) is 4.08. The second-order valence-electron chi connectivity index (χ2n) is 8.09. The smallest absolute Gasteiger partial charge is 0.290 e. The van der Waals surface area contributed by atoms with Crippen LogP contribution < -0.4 is 4.74 Å². The monoisotopic (exact) mass is 465 g/mol. The van der Waals surface area contributed by atoms with Crippen LogP contribution in [0.4, 0.5) is 4.39 Å². The fourth-order valence-corrected chi connectivity index (χ4v) is 4.61. The number of aliphatic hydroxyl groups excluding tert-OH is 1. The first-order valence-corrected chi connectivity index (χ1v) is 11.6. The third-order valence-corrected chi connectivity index (χ3v) is 6.26. The van der Waals surface area contributed by atoms with Crippen LogP contribution in [0.1, 0.15) is 40.7 Å². The number of benzene rings is 2. The number of rotatable bonds is 8. The van der Waals surface area contributed by atoms with Gasteiger partial charge in [0.05, 0.1) is 22.6 Å². The quantitative estimate of drug-likeness (QED) is 0.447. The predicted octanol–water partition coefficient (Wildman–Crippen LogP) is 5.50. The second kappa shape index (κ2) is 9.58. The van der Waals surface area contributed by atoms with Gasteiger partial charge in [-0.3, -0.25) is 9.59 Å². The Balaban J connectivity index is 1.71. The van der Waals surface area contributed by atoms with Crippen LogP contribution in [0.15, 0.2) is 77.4 Å². The fourth-order valence-electron chi connectivity index (χ4n) is 3.93. The molecular weight excluding hydrogens is 441 g/mol. The molecule has 0 aliphatic carbocycles. The highest BCUT2D eigenvalue weighted by Crippen LogP contribution is 2.40. The molecule has 1 aliphatic rings. The van der Waals surface area contributed by atoms with Crippen molar-refractivity contribution >= 4 is 23.0 Å². The molecule has 2 heterocycles. The van der Waals surface area contributed by atoms with Crippen molar-refractivity contribution in [1.29, 1.82) is 0 Å². The molecular formula is C26H24FNO4S. The number of Topliss-reactive ketones (excluding diaryl/α,β-unsaturated/α-hetero) is 1. The molecule has 1 unspecified atom stereocenters. The number of carbonyl (C=O) groups is 2. The minimum atomic E-state index is -0.761. The number of carbonyl (C=O) groups excluding carboxylic acids is 2. The molecule has 5 nitrogen and oxygen atoms in total. The minimum Gasteiger partial charge on any atom is -0.503 e. The van der Waals surface area contributed by atoms with Gasteiger partial charge in [0.25, 0.3) is 5.91 Å². The van der Waals surface area contributed by atoms with E-state index in [0.29, 0.717) is 22.6 Å². The Morgan fingerprint density at radius 1 is 1.15 bits per heavy atom. The summed E-state index contributed by atoms with van der Waals surface area (Å²) >= 11 is 1.26. The van der Waals surface area contributed by atoms with Gasteiger partial charge in [0.2, 0.25) is 5.78 Å². The molecule has 0 bridgehead atoms. The Morgan fingerprint density at radius 3 is 2.58 bits per heavy atom. The van der Waals surface area contributed by atoms with Crippen molar-refractivity contribution in [1.82, 2.24) is 4.90 Å². The van der Waals surface area contributed by atoms with Gasteiger partial charge in [-0.25, -0.2) is 4.39 Å². The van der Waals surface area contributed by atoms with E-state index in [1.165, 1.54) is 28.4 Å². The van der Waals surface area contributed by atoms with Gasteiger partial charge < -0.3 is 14.7 Å². The fraction of sp³-hybridized carbons (Fsp3) is 0.231. The van der Waals surface area contributed by atoms with Gasteiger partial charge in [-0.1, -0.05) is 30.3 Å². The Hall–Kier alpha value is -3.45. The molecule has 1 atom stereocenters. The molecule has 0 saturated heterocycles. The van der Waals surface area contributed by atoms with Crippen LogP contribution in [0.2, 0.25) is 0 Å². The van der Waals surface area contributed by atoms with E-state index in [1.54, 1.807) is 41.8 Å². The van der Waals surface area contributed by atoms with Crippen molar-refractivity contribution in [2.45, 2.75) is 32.4 Å². The molecule has 4 rings (SSSR count). The lowest BCUT2D eigenvalue weighted by Crippen LogP contribution is -2.33. The average molecular weight is 466 g/mol. The lowest BCUT2D eigenvalue weighted by Gasteiger charge is -2.27. The van der Waals surface area contributed by atoms with Gasteiger partial charge in [-0.2, -0.15) is 0 Å². The molecule has 3 aromatic rings. The molecule has 0 radical (unpaired) electrons. The van der Waals surface area contributed by atoms with E-state index in [2.05, 4.69) is 0 Å². The van der Waals surface area contributed by atoms with E-state index >= 15 is 0 Å². The standard InChI is InChI=1S/C26H24FNO4S/c1-16(2)32-20-6-3-5-18(15-20)23-22(24(29)21-7-4-14-33-21)25(30)26(31)28(23)13-12-17-8-10-19(27)11-9-17/h3-11,14-16,23,30H,12-13H2,1-2H3. The van der Waals surface area contributed by atoms with Crippen molar-refractivity contribution in [3.63, 3.8) is 0 Å².